The molecule has 1 atom stereocenters. The molecule has 0 aromatic heterocycles. The van der Waals surface area contributed by atoms with Gasteiger partial charge in [0, 0.05) is 17.5 Å². The summed E-state index contributed by atoms with van der Waals surface area (Å²) in [6.07, 6.45) is 0. The van der Waals surface area contributed by atoms with E-state index < -0.39 is 0 Å². The molecule has 5 heteroatoms. The topological polar surface area (TPSA) is 57.2 Å². The summed E-state index contributed by atoms with van der Waals surface area (Å²) in [5.74, 6) is 2.97. The van der Waals surface area contributed by atoms with Crippen molar-refractivity contribution in [3.05, 3.63) is 83.4 Å². The molecule has 0 saturated carbocycles. The van der Waals surface area contributed by atoms with E-state index in [1.807, 2.05) is 54.6 Å². The number of rotatable bonds is 8. The average molecular weight is 392 g/mol. The summed E-state index contributed by atoms with van der Waals surface area (Å²) >= 11 is 0. The van der Waals surface area contributed by atoms with Crippen LogP contribution < -0.4 is 18.9 Å². The maximum atomic E-state index is 9.14. The number of benzene rings is 3. The van der Waals surface area contributed by atoms with Crippen molar-refractivity contribution in [3.63, 3.8) is 0 Å². The van der Waals surface area contributed by atoms with Gasteiger partial charge in [-0.15, -0.1) is 0 Å². The van der Waals surface area contributed by atoms with Gasteiger partial charge in [-0.25, -0.2) is 0 Å². The fourth-order valence-corrected chi connectivity index (χ4v) is 3.33. The summed E-state index contributed by atoms with van der Waals surface area (Å²) in [6, 6.07) is 22.0. The molecule has 0 radical (unpaired) electrons. The van der Waals surface area contributed by atoms with Crippen LogP contribution in [0.15, 0.2) is 66.7 Å². The molecule has 4 rings (SSSR count). The Morgan fingerprint density at radius 2 is 1.66 bits per heavy atom. The van der Waals surface area contributed by atoms with Gasteiger partial charge in [0.2, 0.25) is 6.79 Å². The van der Waals surface area contributed by atoms with Gasteiger partial charge in [0.05, 0.1) is 6.61 Å². The number of fused-ring (bicyclic) bond motifs is 1. The lowest BCUT2D eigenvalue weighted by molar-refractivity contribution is 0.173. The lowest BCUT2D eigenvalue weighted by Crippen LogP contribution is -2.06. The summed E-state index contributed by atoms with van der Waals surface area (Å²) in [4.78, 5) is 0. The van der Waals surface area contributed by atoms with E-state index in [1.54, 1.807) is 0 Å². The van der Waals surface area contributed by atoms with Gasteiger partial charge in [0.25, 0.3) is 0 Å². The Bertz CT molecular complexity index is 937. The highest BCUT2D eigenvalue weighted by Gasteiger charge is 2.22. The van der Waals surface area contributed by atoms with Crippen molar-refractivity contribution < 1.29 is 24.1 Å². The number of aliphatic hydroxyl groups excluding tert-OH is 1. The number of ether oxygens (including phenoxy) is 4. The third-order valence-corrected chi connectivity index (χ3v) is 4.95. The van der Waals surface area contributed by atoms with Crippen LogP contribution in [-0.4, -0.2) is 25.1 Å². The Morgan fingerprint density at radius 3 is 2.38 bits per heavy atom. The molecule has 150 valence electrons. The van der Waals surface area contributed by atoms with Gasteiger partial charge in [-0.05, 0) is 29.3 Å². The maximum absolute atomic E-state index is 9.14. The Kier molecular flexibility index (Phi) is 5.86. The van der Waals surface area contributed by atoms with Gasteiger partial charge in [-0.2, -0.15) is 0 Å². The molecule has 0 amide bonds. The van der Waals surface area contributed by atoms with Gasteiger partial charge in [-0.3, -0.25) is 0 Å². The van der Waals surface area contributed by atoms with Crippen LogP contribution in [0.25, 0.3) is 0 Å². The first-order valence-corrected chi connectivity index (χ1v) is 9.68. The molecule has 29 heavy (non-hydrogen) atoms. The minimum absolute atomic E-state index is 0.0459. The van der Waals surface area contributed by atoms with Crippen LogP contribution in [0.4, 0.5) is 0 Å². The molecule has 1 aliphatic rings. The molecule has 3 aromatic rings. The summed E-state index contributed by atoms with van der Waals surface area (Å²) < 4.78 is 22.6. The van der Waals surface area contributed by atoms with Crippen LogP contribution in [-0.2, 0) is 6.61 Å². The first-order chi connectivity index (χ1) is 14.2. The minimum Gasteiger partial charge on any atom is -0.491 e. The Balaban J connectivity index is 1.51. The predicted octanol–water partition coefficient (Wildman–Crippen LogP) is 4.52. The highest BCUT2D eigenvalue weighted by atomic mass is 16.7. The summed E-state index contributed by atoms with van der Waals surface area (Å²) in [6.45, 7) is 3.04. The van der Waals surface area contributed by atoms with E-state index >= 15 is 0 Å². The standard InChI is InChI=1S/C24H24O5/c1-17(21-13-23-24(29-16-28-23)14-22(21)26-12-11-25)19-7-9-20(10-8-19)27-15-18-5-3-2-4-6-18/h2-10,13-14,17,25H,11-12,15-16H2,1H3/t17-/m1/s1. The minimum atomic E-state index is -0.0459. The number of hydrogen-bond donors (Lipinski definition) is 1. The van der Waals surface area contributed by atoms with Gasteiger partial charge in [0.15, 0.2) is 11.5 Å². The van der Waals surface area contributed by atoms with Crippen molar-refractivity contribution in [1.29, 1.82) is 0 Å². The zero-order valence-electron chi connectivity index (χ0n) is 16.3. The van der Waals surface area contributed by atoms with Gasteiger partial charge >= 0.3 is 0 Å². The quantitative estimate of drug-likeness (QED) is 0.611. The average Bonchev–Trinajstić information content (AvgIpc) is 3.23. The van der Waals surface area contributed by atoms with E-state index in [9.17, 15) is 0 Å². The number of hydrogen-bond acceptors (Lipinski definition) is 5. The highest BCUT2D eigenvalue weighted by molar-refractivity contribution is 5.54. The third-order valence-electron chi connectivity index (χ3n) is 4.95. The molecule has 0 saturated heterocycles. The van der Waals surface area contributed by atoms with Crippen LogP contribution in [0.3, 0.4) is 0 Å². The Morgan fingerprint density at radius 1 is 0.931 bits per heavy atom. The van der Waals surface area contributed by atoms with Crippen molar-refractivity contribution in [1.82, 2.24) is 0 Å². The van der Waals surface area contributed by atoms with Gasteiger partial charge in [0.1, 0.15) is 24.7 Å². The SMILES string of the molecule is C[C@H](c1ccc(OCc2ccccc2)cc1)c1cc2c(cc1OCCO)OCO2. The molecule has 1 aliphatic heterocycles. The van der Waals surface area contributed by atoms with Crippen LogP contribution >= 0.6 is 0 Å². The van der Waals surface area contributed by atoms with Crippen LogP contribution in [0.2, 0.25) is 0 Å². The number of aliphatic hydroxyl groups is 1. The van der Waals surface area contributed by atoms with Crippen molar-refractivity contribution >= 4 is 0 Å². The molecule has 0 fully saturated rings. The molecule has 3 aromatic carbocycles. The first kappa shape index (κ1) is 19.2. The normalized spacial score (nSPS) is 13.2. The summed E-state index contributed by atoms with van der Waals surface area (Å²) in [5.41, 5.74) is 3.25. The largest absolute Gasteiger partial charge is 0.491 e. The molecular weight excluding hydrogens is 368 g/mol. The first-order valence-electron chi connectivity index (χ1n) is 9.68. The van der Waals surface area contributed by atoms with Crippen molar-refractivity contribution in [2.45, 2.75) is 19.4 Å². The molecule has 0 unspecified atom stereocenters. The van der Waals surface area contributed by atoms with E-state index in [2.05, 4.69) is 19.1 Å². The molecule has 0 spiro atoms. The summed E-state index contributed by atoms with van der Waals surface area (Å²) in [7, 11) is 0. The van der Waals surface area contributed by atoms with E-state index in [0.717, 1.165) is 22.4 Å². The zero-order chi connectivity index (χ0) is 20.1. The van der Waals surface area contributed by atoms with E-state index in [-0.39, 0.29) is 25.9 Å². The third kappa shape index (κ3) is 4.46. The predicted molar refractivity (Wildman–Crippen MR) is 110 cm³/mol. The van der Waals surface area contributed by atoms with Gasteiger partial charge in [-0.1, -0.05) is 49.4 Å². The smallest absolute Gasteiger partial charge is 0.231 e. The highest BCUT2D eigenvalue weighted by Crippen LogP contribution is 2.42. The lowest BCUT2D eigenvalue weighted by Gasteiger charge is -2.18. The van der Waals surface area contributed by atoms with Crippen LogP contribution in [0.5, 0.6) is 23.0 Å². The summed E-state index contributed by atoms with van der Waals surface area (Å²) in [5, 5.41) is 9.14. The Labute approximate surface area is 170 Å². The molecule has 5 nitrogen and oxygen atoms in total. The molecule has 0 aliphatic carbocycles. The Hall–Kier alpha value is -3.18. The molecule has 1 N–H and O–H groups in total. The van der Waals surface area contributed by atoms with Crippen molar-refractivity contribution in [2.75, 3.05) is 20.0 Å². The monoisotopic (exact) mass is 392 g/mol. The van der Waals surface area contributed by atoms with Crippen molar-refractivity contribution in [3.8, 4) is 23.0 Å². The van der Waals surface area contributed by atoms with Crippen molar-refractivity contribution in [2.24, 2.45) is 0 Å². The fourth-order valence-electron chi connectivity index (χ4n) is 3.33. The fraction of sp³-hybridized carbons (Fsp3) is 0.250. The zero-order valence-corrected chi connectivity index (χ0v) is 16.3. The van der Waals surface area contributed by atoms with Crippen LogP contribution in [0, 0.1) is 0 Å². The second-order valence-electron chi connectivity index (χ2n) is 6.88. The molecule has 1 heterocycles. The van der Waals surface area contributed by atoms with Gasteiger partial charge < -0.3 is 24.1 Å². The molecule has 0 bridgehead atoms. The second-order valence-corrected chi connectivity index (χ2v) is 6.88. The molecular formula is C24H24O5. The van der Waals surface area contributed by atoms with E-state index in [1.165, 1.54) is 0 Å². The maximum Gasteiger partial charge on any atom is 0.231 e. The second kappa shape index (κ2) is 8.88. The lowest BCUT2D eigenvalue weighted by atomic mass is 9.92. The van der Waals surface area contributed by atoms with E-state index in [0.29, 0.717) is 23.9 Å². The van der Waals surface area contributed by atoms with Crippen LogP contribution in [0.1, 0.15) is 29.5 Å². The van der Waals surface area contributed by atoms with E-state index in [4.69, 9.17) is 24.1 Å².